The molecule has 4 nitrogen and oxygen atoms in total. The second-order valence-electron chi connectivity index (χ2n) is 4.66. The quantitative estimate of drug-likeness (QED) is 0.721. The molecule has 2 N–H and O–H groups in total. The number of anilines is 2. The average Bonchev–Trinajstić information content (AvgIpc) is 2.47. The van der Waals surface area contributed by atoms with Gasteiger partial charge in [0.15, 0.2) is 0 Å². The largest absolute Gasteiger partial charge is 0.355 e. The van der Waals surface area contributed by atoms with E-state index in [0.29, 0.717) is 5.69 Å². The van der Waals surface area contributed by atoms with Crippen molar-refractivity contribution < 1.29 is 13.0 Å². The van der Waals surface area contributed by atoms with Gasteiger partial charge < -0.3 is 5.32 Å². The van der Waals surface area contributed by atoms with Crippen LogP contribution in [0.3, 0.4) is 0 Å². The average molecular weight is 299 g/mol. The van der Waals surface area contributed by atoms with Gasteiger partial charge in [-0.05, 0) is 29.7 Å². The van der Waals surface area contributed by atoms with Gasteiger partial charge in [0.1, 0.15) is 0 Å². The first-order chi connectivity index (χ1) is 10.0. The van der Waals surface area contributed by atoms with Gasteiger partial charge in [0.05, 0.1) is 4.90 Å². The molecule has 0 unspecified atom stereocenters. The number of rotatable bonds is 3. The fourth-order valence-corrected chi connectivity index (χ4v) is 2.76. The first-order valence-electron chi connectivity index (χ1n) is 6.36. The van der Waals surface area contributed by atoms with Gasteiger partial charge in [-0.1, -0.05) is 42.5 Å². The zero-order valence-corrected chi connectivity index (χ0v) is 11.8. The van der Waals surface area contributed by atoms with Crippen LogP contribution in [0, 0.1) is 0 Å². The summed E-state index contributed by atoms with van der Waals surface area (Å²) in [6.07, 6.45) is 0. The predicted molar refractivity (Wildman–Crippen MR) is 83.5 cm³/mol. The van der Waals surface area contributed by atoms with Gasteiger partial charge in [0, 0.05) is 16.8 Å². The Morgan fingerprint density at radius 2 is 1.52 bits per heavy atom. The fourth-order valence-electron chi connectivity index (χ4n) is 2.21. The number of benzene rings is 3. The maximum atomic E-state index is 11.4. The fraction of sp³-hybridized carbons (Fsp3) is 0. The molecule has 0 fully saturated rings. The van der Waals surface area contributed by atoms with Crippen LogP contribution in [0.2, 0.25) is 0 Å². The Kier molecular flexibility index (Phi) is 3.37. The van der Waals surface area contributed by atoms with Crippen molar-refractivity contribution in [3.8, 4) is 0 Å². The lowest BCUT2D eigenvalue weighted by Crippen LogP contribution is -2.00. The molecule has 0 aliphatic rings. The lowest BCUT2D eigenvalue weighted by Gasteiger charge is -2.11. The van der Waals surface area contributed by atoms with E-state index < -0.39 is 10.1 Å². The summed E-state index contributed by atoms with van der Waals surface area (Å²) in [6, 6.07) is 19.7. The zero-order valence-electron chi connectivity index (χ0n) is 11.0. The van der Waals surface area contributed by atoms with E-state index in [4.69, 9.17) is 0 Å². The number of para-hydroxylation sites is 1. The molecule has 0 saturated carbocycles. The molecule has 0 heterocycles. The third kappa shape index (κ3) is 2.89. The highest BCUT2D eigenvalue weighted by atomic mass is 32.2. The molecule has 3 rings (SSSR count). The highest BCUT2D eigenvalue weighted by Crippen LogP contribution is 2.29. The second-order valence-corrected chi connectivity index (χ2v) is 6.08. The highest BCUT2D eigenvalue weighted by molar-refractivity contribution is 7.85. The summed E-state index contributed by atoms with van der Waals surface area (Å²) in [5.74, 6) is 0. The summed E-state index contributed by atoms with van der Waals surface area (Å²) in [4.78, 5) is -0.125. The van der Waals surface area contributed by atoms with Crippen LogP contribution >= 0.6 is 0 Å². The van der Waals surface area contributed by atoms with Crippen LogP contribution in [0.4, 0.5) is 11.4 Å². The molecule has 0 aliphatic carbocycles. The van der Waals surface area contributed by atoms with Crippen molar-refractivity contribution >= 4 is 32.3 Å². The summed E-state index contributed by atoms with van der Waals surface area (Å²) in [5, 5.41) is 4.81. The standard InChI is InChI=1S/C16H13NO3S/c18-21(19,20)14-10-12-6-4-5-9-15(12)16(11-14)17-13-7-2-1-3-8-13/h1-11,17H,(H,18,19,20). The molecule has 0 amide bonds. The molecule has 3 aromatic rings. The topological polar surface area (TPSA) is 66.4 Å². The van der Waals surface area contributed by atoms with Gasteiger partial charge in [0.25, 0.3) is 10.1 Å². The van der Waals surface area contributed by atoms with Crippen molar-refractivity contribution in [1.29, 1.82) is 0 Å². The monoisotopic (exact) mass is 299 g/mol. The Morgan fingerprint density at radius 1 is 0.857 bits per heavy atom. The molecule has 0 bridgehead atoms. The van der Waals surface area contributed by atoms with Crippen molar-refractivity contribution in [2.75, 3.05) is 5.32 Å². The minimum Gasteiger partial charge on any atom is -0.355 e. The molecular weight excluding hydrogens is 286 g/mol. The van der Waals surface area contributed by atoms with Crippen molar-refractivity contribution in [2.45, 2.75) is 4.90 Å². The molecule has 0 spiro atoms. The maximum Gasteiger partial charge on any atom is 0.294 e. The molecule has 0 atom stereocenters. The Labute approximate surface area is 122 Å². The van der Waals surface area contributed by atoms with E-state index in [1.807, 2.05) is 48.5 Å². The van der Waals surface area contributed by atoms with Crippen LogP contribution in [0.1, 0.15) is 0 Å². The first kappa shape index (κ1) is 13.6. The summed E-state index contributed by atoms with van der Waals surface area (Å²) in [7, 11) is -4.25. The number of hydrogen-bond acceptors (Lipinski definition) is 3. The Bertz CT molecular complexity index is 890. The van der Waals surface area contributed by atoms with Gasteiger partial charge in [-0.3, -0.25) is 4.55 Å². The predicted octanol–water partition coefficient (Wildman–Crippen LogP) is 3.83. The minimum atomic E-state index is -4.25. The van der Waals surface area contributed by atoms with Gasteiger partial charge in [-0.25, -0.2) is 0 Å². The lowest BCUT2D eigenvalue weighted by molar-refractivity contribution is 0.483. The van der Waals surface area contributed by atoms with E-state index >= 15 is 0 Å². The second kappa shape index (κ2) is 5.20. The first-order valence-corrected chi connectivity index (χ1v) is 7.80. The Hall–Kier alpha value is -2.37. The number of fused-ring (bicyclic) bond motifs is 1. The lowest BCUT2D eigenvalue weighted by atomic mass is 10.1. The molecule has 0 aromatic heterocycles. The third-order valence-corrected chi connectivity index (χ3v) is 4.02. The van der Waals surface area contributed by atoms with E-state index in [1.54, 1.807) is 6.07 Å². The summed E-state index contributed by atoms with van der Waals surface area (Å²) in [5.41, 5.74) is 1.47. The molecule has 3 aromatic carbocycles. The third-order valence-electron chi connectivity index (χ3n) is 3.19. The van der Waals surface area contributed by atoms with Crippen molar-refractivity contribution in [3.05, 3.63) is 66.7 Å². The summed E-state index contributed by atoms with van der Waals surface area (Å²) >= 11 is 0. The van der Waals surface area contributed by atoms with Crippen LogP contribution in [0.5, 0.6) is 0 Å². The van der Waals surface area contributed by atoms with E-state index in [1.165, 1.54) is 12.1 Å². The van der Waals surface area contributed by atoms with Crippen molar-refractivity contribution in [3.63, 3.8) is 0 Å². The Morgan fingerprint density at radius 3 is 2.24 bits per heavy atom. The molecule has 0 radical (unpaired) electrons. The van der Waals surface area contributed by atoms with E-state index in [9.17, 15) is 13.0 Å². The van der Waals surface area contributed by atoms with Crippen LogP contribution in [0.15, 0.2) is 71.6 Å². The van der Waals surface area contributed by atoms with Crippen LogP contribution < -0.4 is 5.32 Å². The molecular formula is C16H13NO3S. The van der Waals surface area contributed by atoms with Crippen molar-refractivity contribution in [2.24, 2.45) is 0 Å². The van der Waals surface area contributed by atoms with Crippen molar-refractivity contribution in [1.82, 2.24) is 0 Å². The number of hydrogen-bond donors (Lipinski definition) is 2. The smallest absolute Gasteiger partial charge is 0.294 e. The maximum absolute atomic E-state index is 11.4. The Balaban J connectivity index is 2.20. The van der Waals surface area contributed by atoms with Crippen LogP contribution in [-0.2, 0) is 10.1 Å². The summed E-state index contributed by atoms with van der Waals surface area (Å²) in [6.45, 7) is 0. The van der Waals surface area contributed by atoms with E-state index in [0.717, 1.165) is 16.5 Å². The normalized spacial score (nSPS) is 11.5. The zero-order chi connectivity index (χ0) is 14.9. The van der Waals surface area contributed by atoms with Gasteiger partial charge in [-0.15, -0.1) is 0 Å². The van der Waals surface area contributed by atoms with Gasteiger partial charge in [0.2, 0.25) is 0 Å². The van der Waals surface area contributed by atoms with Gasteiger partial charge in [-0.2, -0.15) is 8.42 Å². The van der Waals surface area contributed by atoms with E-state index in [-0.39, 0.29) is 4.90 Å². The van der Waals surface area contributed by atoms with Crippen LogP contribution in [0.25, 0.3) is 10.8 Å². The highest BCUT2D eigenvalue weighted by Gasteiger charge is 2.13. The molecule has 0 aliphatic heterocycles. The van der Waals surface area contributed by atoms with E-state index in [2.05, 4.69) is 5.32 Å². The molecule has 0 saturated heterocycles. The summed E-state index contributed by atoms with van der Waals surface area (Å²) < 4.78 is 32.1. The minimum absolute atomic E-state index is 0.125. The SMILES string of the molecule is O=S(=O)(O)c1cc(Nc2ccccc2)c2ccccc2c1. The number of nitrogens with one attached hydrogen (secondary N) is 1. The van der Waals surface area contributed by atoms with Gasteiger partial charge >= 0.3 is 0 Å². The molecule has 106 valence electrons. The van der Waals surface area contributed by atoms with Crippen LogP contribution in [-0.4, -0.2) is 13.0 Å². The molecule has 21 heavy (non-hydrogen) atoms. The molecule has 5 heteroatoms.